The molecule has 1 aromatic rings. The van der Waals surface area contributed by atoms with Gasteiger partial charge in [0.15, 0.2) is 5.44 Å². The number of carbonyl (C=O) groups is 1. The molecule has 3 aliphatic carbocycles. The molecule has 4 aliphatic rings. The quantitative estimate of drug-likeness (QED) is 0.782. The molecule has 1 aliphatic heterocycles. The number of amides is 1. The highest BCUT2D eigenvalue weighted by molar-refractivity contribution is 7.92. The number of sulfone groups is 1. The predicted molar refractivity (Wildman–Crippen MR) is 111 cm³/mol. The SMILES string of the molecule is Cc1ccc(C(=O)N[C@@H]2C[C@@H]3C[C@H]([C@H]2C)C3(C)C)cc1S(=O)(=O)C1CNCCO1. The normalized spacial score (nSPS) is 33.6. The second-order valence-electron chi connectivity index (χ2n) is 9.57. The van der Waals surface area contributed by atoms with Gasteiger partial charge in [0.05, 0.1) is 11.5 Å². The molecule has 4 fully saturated rings. The Morgan fingerprint density at radius 3 is 2.66 bits per heavy atom. The number of carbonyl (C=O) groups excluding carboxylic acids is 1. The lowest BCUT2D eigenvalue weighted by atomic mass is 9.45. The summed E-state index contributed by atoms with van der Waals surface area (Å²) in [6.07, 6.45) is 2.25. The van der Waals surface area contributed by atoms with Crippen LogP contribution in [-0.2, 0) is 14.6 Å². The summed E-state index contributed by atoms with van der Waals surface area (Å²) in [5.74, 6) is 1.52. The molecule has 1 saturated heterocycles. The third kappa shape index (κ3) is 3.51. The van der Waals surface area contributed by atoms with Crippen molar-refractivity contribution in [3.8, 4) is 0 Å². The summed E-state index contributed by atoms with van der Waals surface area (Å²) in [7, 11) is -3.67. The molecule has 160 valence electrons. The first-order chi connectivity index (χ1) is 13.6. The third-order valence-corrected chi connectivity index (χ3v) is 9.71. The van der Waals surface area contributed by atoms with Gasteiger partial charge in [-0.25, -0.2) is 8.42 Å². The Hall–Kier alpha value is -1.44. The topological polar surface area (TPSA) is 84.5 Å². The Labute approximate surface area is 173 Å². The molecule has 3 saturated carbocycles. The van der Waals surface area contributed by atoms with Crippen molar-refractivity contribution in [3.05, 3.63) is 29.3 Å². The van der Waals surface area contributed by atoms with Crippen molar-refractivity contribution in [2.24, 2.45) is 23.2 Å². The average molecular weight is 421 g/mol. The highest BCUT2D eigenvalue weighted by Gasteiger charge is 2.56. The highest BCUT2D eigenvalue weighted by Crippen LogP contribution is 2.61. The van der Waals surface area contributed by atoms with Crippen molar-refractivity contribution in [3.63, 3.8) is 0 Å². The molecular weight excluding hydrogens is 388 g/mol. The Bertz CT molecular complexity index is 905. The average Bonchev–Trinajstić information content (AvgIpc) is 2.69. The fourth-order valence-electron chi connectivity index (χ4n) is 5.52. The van der Waals surface area contributed by atoms with E-state index in [1.54, 1.807) is 19.1 Å². The van der Waals surface area contributed by atoms with Gasteiger partial charge >= 0.3 is 0 Å². The van der Waals surface area contributed by atoms with Gasteiger partial charge in [-0.3, -0.25) is 4.79 Å². The molecule has 1 heterocycles. The number of hydrogen-bond acceptors (Lipinski definition) is 5. The van der Waals surface area contributed by atoms with Crippen molar-refractivity contribution in [2.75, 3.05) is 19.7 Å². The molecule has 2 bridgehead atoms. The van der Waals surface area contributed by atoms with Crippen LogP contribution < -0.4 is 10.6 Å². The zero-order chi connectivity index (χ0) is 21.0. The van der Waals surface area contributed by atoms with Crippen molar-refractivity contribution in [1.82, 2.24) is 10.6 Å². The minimum atomic E-state index is -3.67. The summed E-state index contributed by atoms with van der Waals surface area (Å²) in [4.78, 5) is 13.1. The number of aryl methyl sites for hydroxylation is 1. The van der Waals surface area contributed by atoms with E-state index < -0.39 is 15.3 Å². The summed E-state index contributed by atoms with van der Waals surface area (Å²) in [5.41, 5.74) is 0.467. The number of rotatable bonds is 4. The van der Waals surface area contributed by atoms with E-state index in [1.165, 1.54) is 12.5 Å². The van der Waals surface area contributed by atoms with E-state index in [-0.39, 0.29) is 23.4 Å². The van der Waals surface area contributed by atoms with Crippen LogP contribution >= 0.6 is 0 Å². The van der Waals surface area contributed by atoms with Crippen LogP contribution in [0.1, 0.15) is 49.5 Å². The maximum atomic E-state index is 13.0. The molecular formula is C22H32N2O4S. The molecule has 5 rings (SSSR count). The third-order valence-electron chi connectivity index (χ3n) is 7.67. The van der Waals surface area contributed by atoms with Crippen LogP contribution in [-0.4, -0.2) is 45.5 Å². The Morgan fingerprint density at radius 2 is 2.03 bits per heavy atom. The second kappa shape index (κ2) is 7.36. The number of morpholine rings is 1. The van der Waals surface area contributed by atoms with Crippen LogP contribution in [0.5, 0.6) is 0 Å². The highest BCUT2D eigenvalue weighted by atomic mass is 32.2. The van der Waals surface area contributed by atoms with E-state index in [0.717, 1.165) is 6.42 Å². The summed E-state index contributed by atoms with van der Waals surface area (Å²) in [6, 6.07) is 5.08. The van der Waals surface area contributed by atoms with Crippen LogP contribution in [0.15, 0.2) is 23.1 Å². The van der Waals surface area contributed by atoms with E-state index >= 15 is 0 Å². The molecule has 7 heteroatoms. The molecule has 1 aromatic carbocycles. The largest absolute Gasteiger partial charge is 0.359 e. The van der Waals surface area contributed by atoms with Gasteiger partial charge in [0.25, 0.3) is 5.91 Å². The van der Waals surface area contributed by atoms with Crippen molar-refractivity contribution in [2.45, 2.75) is 56.9 Å². The Kier molecular flexibility index (Phi) is 5.28. The van der Waals surface area contributed by atoms with E-state index in [0.29, 0.717) is 47.4 Å². The first-order valence-corrected chi connectivity index (χ1v) is 12.1. The smallest absolute Gasteiger partial charge is 0.251 e. The Balaban J connectivity index is 1.52. The van der Waals surface area contributed by atoms with Gasteiger partial charge in [0.2, 0.25) is 9.84 Å². The van der Waals surface area contributed by atoms with Gasteiger partial charge in [0, 0.05) is 24.7 Å². The number of hydrogen-bond donors (Lipinski definition) is 2. The fraction of sp³-hybridized carbons (Fsp3) is 0.682. The zero-order valence-electron chi connectivity index (χ0n) is 17.7. The molecule has 6 nitrogen and oxygen atoms in total. The Morgan fingerprint density at radius 1 is 1.28 bits per heavy atom. The van der Waals surface area contributed by atoms with E-state index in [2.05, 4.69) is 31.4 Å². The van der Waals surface area contributed by atoms with Gasteiger partial charge in [-0.15, -0.1) is 0 Å². The number of benzene rings is 1. The molecule has 29 heavy (non-hydrogen) atoms. The van der Waals surface area contributed by atoms with Crippen LogP contribution in [0, 0.1) is 30.1 Å². The lowest BCUT2D eigenvalue weighted by Crippen LogP contribution is -2.60. The summed E-state index contributed by atoms with van der Waals surface area (Å²) >= 11 is 0. The first-order valence-electron chi connectivity index (χ1n) is 10.6. The molecule has 0 aromatic heterocycles. The maximum absolute atomic E-state index is 13.0. The minimum absolute atomic E-state index is 0.145. The van der Waals surface area contributed by atoms with Crippen LogP contribution in [0.4, 0.5) is 0 Å². The van der Waals surface area contributed by atoms with E-state index in [1.807, 2.05) is 0 Å². The first kappa shape index (κ1) is 20.8. The maximum Gasteiger partial charge on any atom is 0.251 e. The zero-order valence-corrected chi connectivity index (χ0v) is 18.5. The number of nitrogens with one attached hydrogen (secondary N) is 2. The van der Waals surface area contributed by atoms with Gasteiger partial charge in [0.1, 0.15) is 0 Å². The summed E-state index contributed by atoms with van der Waals surface area (Å²) in [5, 5.41) is 6.24. The molecule has 5 atom stereocenters. The molecule has 0 spiro atoms. The fourth-order valence-corrected chi connectivity index (χ4v) is 7.23. The van der Waals surface area contributed by atoms with Crippen LogP contribution in [0.3, 0.4) is 0 Å². The molecule has 2 N–H and O–H groups in total. The number of fused-ring (bicyclic) bond motifs is 2. The standard InChI is InChI=1S/C22H32N2O4S/c1-13-5-6-15(9-19(13)29(26,27)20-12-23-7-8-28-20)21(25)24-18-11-16-10-17(14(18)2)22(16,3)4/h5-6,9,14,16-18,20,23H,7-8,10-12H2,1-4H3,(H,24,25)/t14-,16+,17-,18-,20?/m1/s1. The van der Waals surface area contributed by atoms with Gasteiger partial charge in [-0.2, -0.15) is 0 Å². The van der Waals surface area contributed by atoms with Crippen LogP contribution in [0.25, 0.3) is 0 Å². The predicted octanol–water partition coefficient (Wildman–Crippen LogP) is 2.52. The molecule has 0 radical (unpaired) electrons. The van der Waals surface area contributed by atoms with Crippen LogP contribution in [0.2, 0.25) is 0 Å². The van der Waals surface area contributed by atoms with Crippen molar-refractivity contribution in [1.29, 1.82) is 0 Å². The number of ether oxygens (including phenoxy) is 1. The lowest BCUT2D eigenvalue weighted by molar-refractivity contribution is -0.113. The van der Waals surface area contributed by atoms with E-state index in [4.69, 9.17) is 4.74 Å². The second-order valence-corrected chi connectivity index (χ2v) is 11.6. The van der Waals surface area contributed by atoms with Crippen molar-refractivity contribution < 1.29 is 17.9 Å². The molecule has 1 unspecified atom stereocenters. The lowest BCUT2D eigenvalue weighted by Gasteiger charge is -2.62. The summed E-state index contributed by atoms with van der Waals surface area (Å²) in [6.45, 7) is 9.91. The minimum Gasteiger partial charge on any atom is -0.359 e. The van der Waals surface area contributed by atoms with Gasteiger partial charge in [-0.05, 0) is 60.6 Å². The van der Waals surface area contributed by atoms with Gasteiger partial charge < -0.3 is 15.4 Å². The summed E-state index contributed by atoms with van der Waals surface area (Å²) < 4.78 is 31.6. The van der Waals surface area contributed by atoms with Gasteiger partial charge in [-0.1, -0.05) is 26.8 Å². The molecule has 1 amide bonds. The van der Waals surface area contributed by atoms with E-state index in [9.17, 15) is 13.2 Å². The van der Waals surface area contributed by atoms with Crippen molar-refractivity contribution >= 4 is 15.7 Å². The monoisotopic (exact) mass is 420 g/mol.